The molecular formula is C29H32N2O4. The molecule has 0 heterocycles. The number of benzene rings is 3. The van der Waals surface area contributed by atoms with Crippen molar-refractivity contribution in [2.24, 2.45) is 0 Å². The molecule has 0 saturated heterocycles. The van der Waals surface area contributed by atoms with E-state index in [1.807, 2.05) is 86.6 Å². The van der Waals surface area contributed by atoms with Crippen molar-refractivity contribution in [3.05, 3.63) is 95.1 Å². The summed E-state index contributed by atoms with van der Waals surface area (Å²) in [5.74, 6) is -1.19. The Labute approximate surface area is 206 Å². The maximum Gasteiger partial charge on any atom is 0.325 e. The summed E-state index contributed by atoms with van der Waals surface area (Å²) >= 11 is 0. The van der Waals surface area contributed by atoms with E-state index in [4.69, 9.17) is 4.74 Å². The molecule has 2 amide bonds. The number of hydrogen-bond acceptors (Lipinski definition) is 4. The predicted octanol–water partition coefficient (Wildman–Crippen LogP) is 4.33. The standard InChI is InChI=1S/C29H32N2O4/c1-5-35-27(32)19-30-28(33)26(31(4)29(34)25-16-20(2)15-21(3)17-25)18-22-11-13-24(14-12-22)23-9-7-6-8-10-23/h6-17,26H,5,18-19H2,1-4H3,(H,30,33). The van der Waals surface area contributed by atoms with Crippen molar-refractivity contribution in [1.82, 2.24) is 10.2 Å². The lowest BCUT2D eigenvalue weighted by Crippen LogP contribution is -2.50. The van der Waals surface area contributed by atoms with Gasteiger partial charge < -0.3 is 15.0 Å². The van der Waals surface area contributed by atoms with E-state index in [1.54, 1.807) is 14.0 Å². The Morgan fingerprint density at radius 3 is 2.09 bits per heavy atom. The molecule has 182 valence electrons. The molecule has 0 radical (unpaired) electrons. The van der Waals surface area contributed by atoms with Gasteiger partial charge in [-0.3, -0.25) is 14.4 Å². The number of aryl methyl sites for hydroxylation is 2. The first-order chi connectivity index (χ1) is 16.8. The van der Waals surface area contributed by atoms with Crippen LogP contribution >= 0.6 is 0 Å². The number of rotatable bonds is 9. The maximum atomic E-state index is 13.3. The second kappa shape index (κ2) is 12.0. The smallest absolute Gasteiger partial charge is 0.325 e. The Hall–Kier alpha value is -3.93. The molecule has 0 saturated carbocycles. The van der Waals surface area contributed by atoms with Crippen molar-refractivity contribution in [3.63, 3.8) is 0 Å². The quantitative estimate of drug-likeness (QED) is 0.470. The summed E-state index contributed by atoms with van der Waals surface area (Å²) < 4.78 is 4.91. The third kappa shape index (κ3) is 7.03. The van der Waals surface area contributed by atoms with Crippen LogP contribution in [0.1, 0.15) is 34.0 Å². The first-order valence-electron chi connectivity index (χ1n) is 11.7. The normalized spacial score (nSPS) is 11.4. The van der Waals surface area contributed by atoms with Gasteiger partial charge in [-0.2, -0.15) is 0 Å². The molecule has 0 bridgehead atoms. The molecule has 1 unspecified atom stereocenters. The number of amides is 2. The number of esters is 1. The van der Waals surface area contributed by atoms with Crippen LogP contribution in [0.15, 0.2) is 72.8 Å². The molecule has 6 nitrogen and oxygen atoms in total. The second-order valence-electron chi connectivity index (χ2n) is 8.60. The Bertz CT molecular complexity index is 1150. The average Bonchev–Trinajstić information content (AvgIpc) is 2.85. The molecule has 1 atom stereocenters. The molecule has 0 aliphatic rings. The summed E-state index contributed by atoms with van der Waals surface area (Å²) in [7, 11) is 1.62. The largest absolute Gasteiger partial charge is 0.465 e. The van der Waals surface area contributed by atoms with Gasteiger partial charge in [-0.1, -0.05) is 71.8 Å². The molecule has 0 fully saturated rings. The fourth-order valence-corrected chi connectivity index (χ4v) is 4.03. The summed E-state index contributed by atoms with van der Waals surface area (Å²) in [6, 6.07) is 22.8. The van der Waals surface area contributed by atoms with Gasteiger partial charge in [0.05, 0.1) is 6.61 Å². The fraction of sp³-hybridized carbons (Fsp3) is 0.276. The number of hydrogen-bond donors (Lipinski definition) is 1. The lowest BCUT2D eigenvalue weighted by Gasteiger charge is -2.28. The van der Waals surface area contributed by atoms with Gasteiger partial charge in [-0.25, -0.2) is 0 Å². The highest BCUT2D eigenvalue weighted by Gasteiger charge is 2.28. The predicted molar refractivity (Wildman–Crippen MR) is 137 cm³/mol. The van der Waals surface area contributed by atoms with Gasteiger partial charge in [0.2, 0.25) is 5.91 Å². The van der Waals surface area contributed by atoms with Crippen molar-refractivity contribution in [2.75, 3.05) is 20.2 Å². The lowest BCUT2D eigenvalue weighted by atomic mass is 9.99. The zero-order valence-corrected chi connectivity index (χ0v) is 20.7. The molecule has 0 aliphatic carbocycles. The molecule has 0 spiro atoms. The van der Waals surface area contributed by atoms with Gasteiger partial charge in [-0.05, 0) is 49.6 Å². The van der Waals surface area contributed by atoms with Crippen LogP contribution in [0, 0.1) is 13.8 Å². The summed E-state index contributed by atoms with van der Waals surface area (Å²) in [6.07, 6.45) is 0.302. The number of ether oxygens (including phenoxy) is 1. The molecule has 1 N–H and O–H groups in total. The summed E-state index contributed by atoms with van der Waals surface area (Å²) in [5.41, 5.74) is 5.54. The number of nitrogens with one attached hydrogen (secondary N) is 1. The van der Waals surface area contributed by atoms with E-state index in [1.165, 1.54) is 4.90 Å². The Kier molecular flexibility index (Phi) is 8.79. The van der Waals surface area contributed by atoms with Crippen molar-refractivity contribution >= 4 is 17.8 Å². The minimum atomic E-state index is -0.805. The second-order valence-corrected chi connectivity index (χ2v) is 8.60. The van der Waals surface area contributed by atoms with E-state index in [-0.39, 0.29) is 19.1 Å². The van der Waals surface area contributed by atoms with Crippen LogP contribution in [0.5, 0.6) is 0 Å². The highest BCUT2D eigenvalue weighted by atomic mass is 16.5. The number of likely N-dealkylation sites (N-methyl/N-ethyl adjacent to an activating group) is 1. The van der Waals surface area contributed by atoms with Crippen LogP contribution in [0.3, 0.4) is 0 Å². The van der Waals surface area contributed by atoms with Gasteiger partial charge in [-0.15, -0.1) is 0 Å². The van der Waals surface area contributed by atoms with E-state index in [9.17, 15) is 14.4 Å². The first kappa shape index (κ1) is 25.7. The zero-order valence-electron chi connectivity index (χ0n) is 20.7. The van der Waals surface area contributed by atoms with Crippen LogP contribution in [0.4, 0.5) is 0 Å². The Morgan fingerprint density at radius 1 is 0.886 bits per heavy atom. The third-order valence-electron chi connectivity index (χ3n) is 5.76. The summed E-state index contributed by atoms with van der Waals surface area (Å²) in [5, 5.41) is 2.63. The number of carbonyl (C=O) groups is 3. The SMILES string of the molecule is CCOC(=O)CNC(=O)C(Cc1ccc(-c2ccccc2)cc1)N(C)C(=O)c1cc(C)cc(C)c1. The third-order valence-corrected chi connectivity index (χ3v) is 5.76. The van der Waals surface area contributed by atoms with Gasteiger partial charge in [0.15, 0.2) is 0 Å². The van der Waals surface area contributed by atoms with Gasteiger partial charge in [0, 0.05) is 19.0 Å². The van der Waals surface area contributed by atoms with Gasteiger partial charge >= 0.3 is 5.97 Å². The summed E-state index contributed by atoms with van der Waals surface area (Å²) in [6.45, 7) is 5.56. The highest BCUT2D eigenvalue weighted by molar-refractivity contribution is 5.98. The van der Waals surface area contributed by atoms with Crippen molar-refractivity contribution in [3.8, 4) is 11.1 Å². The van der Waals surface area contributed by atoms with E-state index in [2.05, 4.69) is 5.32 Å². The molecule has 0 aliphatic heterocycles. The van der Waals surface area contributed by atoms with E-state index in [0.717, 1.165) is 27.8 Å². The van der Waals surface area contributed by atoms with Crippen molar-refractivity contribution in [2.45, 2.75) is 33.2 Å². The van der Waals surface area contributed by atoms with E-state index < -0.39 is 17.9 Å². The number of nitrogens with zero attached hydrogens (tertiary/aromatic N) is 1. The molecule has 35 heavy (non-hydrogen) atoms. The van der Waals surface area contributed by atoms with Crippen LogP contribution in [-0.2, 0) is 20.7 Å². The van der Waals surface area contributed by atoms with Gasteiger partial charge in [0.25, 0.3) is 5.91 Å². The number of carbonyl (C=O) groups excluding carboxylic acids is 3. The molecule has 6 heteroatoms. The maximum absolute atomic E-state index is 13.3. The van der Waals surface area contributed by atoms with E-state index in [0.29, 0.717) is 12.0 Å². The Morgan fingerprint density at radius 2 is 1.49 bits per heavy atom. The minimum Gasteiger partial charge on any atom is -0.465 e. The molecule has 3 aromatic carbocycles. The van der Waals surface area contributed by atoms with Crippen LogP contribution in [0.2, 0.25) is 0 Å². The van der Waals surface area contributed by atoms with Crippen LogP contribution in [-0.4, -0.2) is 48.9 Å². The van der Waals surface area contributed by atoms with Gasteiger partial charge in [0.1, 0.15) is 12.6 Å². The zero-order chi connectivity index (χ0) is 25.4. The molecule has 0 aromatic heterocycles. The van der Waals surface area contributed by atoms with E-state index >= 15 is 0 Å². The molecule has 3 rings (SSSR count). The lowest BCUT2D eigenvalue weighted by molar-refractivity contribution is -0.143. The van der Waals surface area contributed by atoms with Crippen LogP contribution < -0.4 is 5.32 Å². The molecular weight excluding hydrogens is 440 g/mol. The molecule has 3 aromatic rings. The van der Waals surface area contributed by atoms with Crippen molar-refractivity contribution in [1.29, 1.82) is 0 Å². The Balaban J connectivity index is 1.83. The topological polar surface area (TPSA) is 75.7 Å². The minimum absolute atomic E-state index is 0.233. The monoisotopic (exact) mass is 472 g/mol. The average molecular weight is 473 g/mol. The van der Waals surface area contributed by atoms with Crippen molar-refractivity contribution < 1.29 is 19.1 Å². The first-order valence-corrected chi connectivity index (χ1v) is 11.7. The fourth-order valence-electron chi connectivity index (χ4n) is 4.03. The van der Waals surface area contributed by atoms with Crippen LogP contribution in [0.25, 0.3) is 11.1 Å². The highest BCUT2D eigenvalue weighted by Crippen LogP contribution is 2.21. The summed E-state index contributed by atoms with van der Waals surface area (Å²) in [4.78, 5) is 39.7.